The van der Waals surface area contributed by atoms with Crippen molar-refractivity contribution in [2.24, 2.45) is 4.99 Å². The number of rotatable bonds is 6. The first kappa shape index (κ1) is 21.1. The fourth-order valence-corrected chi connectivity index (χ4v) is 3.33. The van der Waals surface area contributed by atoms with Crippen LogP contribution in [0.5, 0.6) is 0 Å². The van der Waals surface area contributed by atoms with Gasteiger partial charge in [0.15, 0.2) is 5.88 Å². The molecule has 0 amide bonds. The van der Waals surface area contributed by atoms with Crippen molar-refractivity contribution in [2.75, 3.05) is 26.2 Å². The van der Waals surface area contributed by atoms with Gasteiger partial charge in [-0.25, -0.2) is 4.99 Å². The van der Waals surface area contributed by atoms with Crippen molar-refractivity contribution in [3.8, 4) is 0 Å². The highest BCUT2D eigenvalue weighted by Gasteiger charge is 2.26. The maximum Gasteiger partial charge on any atom is 0.182 e. The predicted molar refractivity (Wildman–Crippen MR) is 114 cm³/mol. The Hall–Kier alpha value is -2.17. The normalized spacial score (nSPS) is 19.9. The third kappa shape index (κ3) is 5.65. The molecule has 2 rings (SSSR count). The van der Waals surface area contributed by atoms with Crippen molar-refractivity contribution in [1.82, 2.24) is 15.1 Å². The van der Waals surface area contributed by atoms with Gasteiger partial charge in [-0.1, -0.05) is 19.9 Å². The summed E-state index contributed by atoms with van der Waals surface area (Å²) in [5, 5.41) is 3.36. The number of piperazine rings is 1. The molecule has 0 spiro atoms. The Labute approximate surface area is 165 Å². The van der Waals surface area contributed by atoms with Crippen LogP contribution in [0.15, 0.2) is 52.8 Å². The van der Waals surface area contributed by atoms with E-state index in [1.165, 1.54) is 16.8 Å². The lowest BCUT2D eigenvalue weighted by Gasteiger charge is -2.40. The van der Waals surface area contributed by atoms with E-state index in [2.05, 4.69) is 74.3 Å². The smallest absolute Gasteiger partial charge is 0.182 e. The minimum atomic E-state index is -0.209. The number of hydrogen-bond donors (Lipinski definition) is 1. The molecule has 2 aliphatic rings. The molecule has 0 bridgehead atoms. The molecule has 0 aliphatic carbocycles. The second kappa shape index (κ2) is 9.16. The molecule has 0 aromatic heterocycles. The zero-order valence-corrected chi connectivity index (χ0v) is 17.9. The van der Waals surface area contributed by atoms with E-state index < -0.39 is 0 Å². The van der Waals surface area contributed by atoms with Crippen LogP contribution in [0.2, 0.25) is 0 Å². The fraction of sp³-hybridized carbons (Fsp3) is 0.591. The van der Waals surface area contributed by atoms with Crippen molar-refractivity contribution in [2.45, 2.75) is 60.0 Å². The molecule has 2 heterocycles. The molecule has 150 valence electrons. The molecule has 0 saturated carbocycles. The van der Waals surface area contributed by atoms with Crippen LogP contribution in [0, 0.1) is 0 Å². The molecule has 27 heavy (non-hydrogen) atoms. The molecule has 0 aromatic carbocycles. The van der Waals surface area contributed by atoms with Gasteiger partial charge in [0, 0.05) is 43.6 Å². The fourth-order valence-electron chi connectivity index (χ4n) is 3.33. The van der Waals surface area contributed by atoms with Gasteiger partial charge in [-0.15, -0.1) is 0 Å². The molecular formula is C22H36N4O. The Morgan fingerprint density at radius 1 is 1.22 bits per heavy atom. The highest BCUT2D eigenvalue weighted by Crippen LogP contribution is 2.27. The molecule has 0 aromatic rings. The number of allylic oxidation sites excluding steroid dienone is 2. The minimum absolute atomic E-state index is 0.209. The van der Waals surface area contributed by atoms with E-state index in [1.807, 2.05) is 12.4 Å². The molecule has 5 heteroatoms. The number of nitrogens with one attached hydrogen (secondary N) is 1. The van der Waals surface area contributed by atoms with Crippen LogP contribution in [-0.4, -0.2) is 47.4 Å². The van der Waals surface area contributed by atoms with Gasteiger partial charge in [0.2, 0.25) is 0 Å². The van der Waals surface area contributed by atoms with Gasteiger partial charge in [0.25, 0.3) is 0 Å². The number of hydrogen-bond acceptors (Lipinski definition) is 5. The summed E-state index contributed by atoms with van der Waals surface area (Å²) in [6.45, 7) is 20.6. The Morgan fingerprint density at radius 3 is 2.41 bits per heavy atom. The van der Waals surface area contributed by atoms with Crippen LogP contribution in [-0.2, 0) is 4.74 Å². The standard InChI is InChI=1S/C22H36N4O/c1-8-10-11-23-21-20(19(9-2)16-24-21)17(3)25-12-14-26(15-13-25)18(4)27-22(5,6)7/h10-11,16H,4,8-9,12-15H2,1-3,5-7H3,(H,23,24)/b11-10+,20-17+. The monoisotopic (exact) mass is 372 g/mol. The van der Waals surface area contributed by atoms with E-state index in [9.17, 15) is 0 Å². The summed E-state index contributed by atoms with van der Waals surface area (Å²) in [6, 6.07) is 0. The molecular weight excluding hydrogens is 336 g/mol. The molecule has 1 fully saturated rings. The first-order valence-electron chi connectivity index (χ1n) is 10.0. The van der Waals surface area contributed by atoms with Crippen LogP contribution in [0.4, 0.5) is 0 Å². The molecule has 0 radical (unpaired) electrons. The van der Waals surface area contributed by atoms with E-state index >= 15 is 0 Å². The molecule has 0 atom stereocenters. The van der Waals surface area contributed by atoms with Crippen LogP contribution >= 0.6 is 0 Å². The van der Waals surface area contributed by atoms with Crippen molar-refractivity contribution >= 4 is 5.84 Å². The molecule has 1 N–H and O–H groups in total. The SMILES string of the molecule is C=C(OC(C)(C)C)N1CCN(/C(C)=C2\C(CC)=CN=C2N/C=C/CC)CC1. The van der Waals surface area contributed by atoms with Crippen LogP contribution < -0.4 is 5.32 Å². The summed E-state index contributed by atoms with van der Waals surface area (Å²) < 4.78 is 5.93. The van der Waals surface area contributed by atoms with Crippen molar-refractivity contribution in [3.63, 3.8) is 0 Å². The van der Waals surface area contributed by atoms with Crippen LogP contribution in [0.3, 0.4) is 0 Å². The average molecular weight is 373 g/mol. The Kier molecular flexibility index (Phi) is 7.17. The minimum Gasteiger partial charge on any atom is -0.474 e. The summed E-state index contributed by atoms with van der Waals surface area (Å²) in [6.07, 6.45) is 8.09. The van der Waals surface area contributed by atoms with E-state index in [4.69, 9.17) is 4.74 Å². The average Bonchev–Trinajstić information content (AvgIpc) is 3.03. The Bertz CT molecular complexity index is 656. The maximum absolute atomic E-state index is 5.93. The molecule has 0 unspecified atom stereocenters. The highest BCUT2D eigenvalue weighted by atomic mass is 16.5. The van der Waals surface area contributed by atoms with Crippen molar-refractivity contribution < 1.29 is 4.74 Å². The van der Waals surface area contributed by atoms with Gasteiger partial charge in [-0.05, 0) is 58.9 Å². The third-order valence-corrected chi connectivity index (χ3v) is 4.75. The first-order valence-corrected chi connectivity index (χ1v) is 10.0. The van der Waals surface area contributed by atoms with Gasteiger partial charge in [0.05, 0.1) is 0 Å². The van der Waals surface area contributed by atoms with E-state index in [1.54, 1.807) is 0 Å². The second-order valence-corrected chi connectivity index (χ2v) is 7.98. The molecule has 2 aliphatic heterocycles. The zero-order chi connectivity index (χ0) is 20.0. The number of ether oxygens (including phenoxy) is 1. The first-order chi connectivity index (χ1) is 12.8. The summed E-state index contributed by atoms with van der Waals surface area (Å²) in [4.78, 5) is 9.29. The van der Waals surface area contributed by atoms with Crippen LogP contribution in [0.25, 0.3) is 0 Å². The van der Waals surface area contributed by atoms with Gasteiger partial charge in [-0.2, -0.15) is 0 Å². The summed E-state index contributed by atoms with van der Waals surface area (Å²) in [5.74, 6) is 1.73. The van der Waals surface area contributed by atoms with Crippen LogP contribution in [0.1, 0.15) is 54.4 Å². The highest BCUT2D eigenvalue weighted by molar-refractivity contribution is 6.05. The lowest BCUT2D eigenvalue weighted by atomic mass is 10.0. The predicted octanol–water partition coefficient (Wildman–Crippen LogP) is 4.38. The Morgan fingerprint density at radius 2 is 1.85 bits per heavy atom. The lowest BCUT2D eigenvalue weighted by molar-refractivity contribution is -0.00706. The number of nitrogens with zero attached hydrogens (tertiary/aromatic N) is 3. The quantitative estimate of drug-likeness (QED) is 0.702. The lowest BCUT2D eigenvalue weighted by Crippen LogP contribution is -2.46. The topological polar surface area (TPSA) is 40.1 Å². The van der Waals surface area contributed by atoms with Gasteiger partial charge < -0.3 is 19.9 Å². The number of amidine groups is 1. The zero-order valence-electron chi connectivity index (χ0n) is 17.9. The van der Waals surface area contributed by atoms with Crippen molar-refractivity contribution in [3.05, 3.63) is 47.8 Å². The molecule has 1 saturated heterocycles. The van der Waals surface area contributed by atoms with E-state index in [0.29, 0.717) is 0 Å². The van der Waals surface area contributed by atoms with Crippen molar-refractivity contribution in [1.29, 1.82) is 0 Å². The summed E-state index contributed by atoms with van der Waals surface area (Å²) in [7, 11) is 0. The summed E-state index contributed by atoms with van der Waals surface area (Å²) in [5.41, 5.74) is 3.62. The Balaban J connectivity index is 2.06. The van der Waals surface area contributed by atoms with E-state index in [-0.39, 0.29) is 5.60 Å². The van der Waals surface area contributed by atoms with Gasteiger partial charge >= 0.3 is 0 Å². The van der Waals surface area contributed by atoms with E-state index in [0.717, 1.165) is 50.7 Å². The largest absolute Gasteiger partial charge is 0.474 e. The van der Waals surface area contributed by atoms with Gasteiger partial charge in [-0.3, -0.25) is 0 Å². The second-order valence-electron chi connectivity index (χ2n) is 7.98. The maximum atomic E-state index is 5.93. The summed E-state index contributed by atoms with van der Waals surface area (Å²) >= 11 is 0. The molecule has 5 nitrogen and oxygen atoms in total. The van der Waals surface area contributed by atoms with Gasteiger partial charge in [0.1, 0.15) is 11.4 Å². The third-order valence-electron chi connectivity index (χ3n) is 4.75. The number of aliphatic imine (C=N–C) groups is 1.